The topological polar surface area (TPSA) is 57.2 Å². The van der Waals surface area contributed by atoms with Crippen molar-refractivity contribution in [2.45, 2.75) is 121 Å². The largest absolute Gasteiger partial charge is 1.00 e. The second-order valence-electron chi connectivity index (χ2n) is 8.09. The van der Waals surface area contributed by atoms with Crippen LogP contribution >= 0.6 is 0 Å². The van der Waals surface area contributed by atoms with Crippen molar-refractivity contribution in [3.05, 3.63) is 29.3 Å². The summed E-state index contributed by atoms with van der Waals surface area (Å²) < 4.78 is 35.2. The van der Waals surface area contributed by atoms with Crippen LogP contribution in [0.2, 0.25) is 0 Å². The molecule has 0 N–H and O–H groups in total. The summed E-state index contributed by atoms with van der Waals surface area (Å²) in [6.07, 6.45) is 18.6. The number of hydrogen-bond donors (Lipinski definition) is 0. The first-order chi connectivity index (χ1) is 13.5. The Hall–Kier alpha value is 0.766. The van der Waals surface area contributed by atoms with Gasteiger partial charge in [-0.3, -0.25) is 0 Å². The van der Waals surface area contributed by atoms with E-state index in [0.717, 1.165) is 36.8 Å². The van der Waals surface area contributed by atoms with E-state index in [2.05, 4.69) is 13.8 Å². The first-order valence-electron chi connectivity index (χ1n) is 11.6. The third kappa shape index (κ3) is 13.7. The fourth-order valence-corrected chi connectivity index (χ4v) is 4.67. The van der Waals surface area contributed by atoms with Crippen LogP contribution in [0.3, 0.4) is 0 Å². The summed E-state index contributed by atoms with van der Waals surface area (Å²) in [5.74, 6) is 0. The zero-order valence-corrected chi connectivity index (χ0v) is 23.1. The average molecular weight is 449 g/mol. The molecule has 1 rings (SSSR count). The van der Waals surface area contributed by atoms with Crippen LogP contribution in [0.15, 0.2) is 23.1 Å². The average Bonchev–Trinajstić information content (AvgIpc) is 2.66. The minimum absolute atomic E-state index is 0. The van der Waals surface area contributed by atoms with Gasteiger partial charge >= 0.3 is 51.4 Å². The molecular weight excluding hydrogens is 407 g/mol. The van der Waals surface area contributed by atoms with E-state index in [1.807, 2.05) is 6.07 Å². The number of aryl methyl sites for hydroxylation is 1. The van der Waals surface area contributed by atoms with Crippen molar-refractivity contribution in [1.82, 2.24) is 0 Å². The molecule has 0 saturated carbocycles. The van der Waals surface area contributed by atoms with Crippen molar-refractivity contribution in [2.24, 2.45) is 0 Å². The molecule has 0 spiro atoms. The summed E-state index contributed by atoms with van der Waals surface area (Å²) in [6, 6.07) is 5.24. The molecule has 162 valence electrons. The number of unbranched alkanes of at least 4 members (excludes halogenated alkanes) is 12. The molecule has 0 saturated heterocycles. The second-order valence-corrected chi connectivity index (χ2v) is 9.44. The SMILES string of the molecule is CCCCCCCCCCc1c(CCCCCCCC)cccc1S(=O)(=O)[O-].[K+]. The van der Waals surface area contributed by atoms with E-state index >= 15 is 0 Å². The quantitative estimate of drug-likeness (QED) is 0.204. The van der Waals surface area contributed by atoms with Crippen molar-refractivity contribution >= 4 is 10.1 Å². The summed E-state index contributed by atoms with van der Waals surface area (Å²) in [5, 5.41) is 0. The van der Waals surface area contributed by atoms with Gasteiger partial charge in [0.2, 0.25) is 0 Å². The minimum atomic E-state index is -4.41. The first kappa shape index (κ1) is 29.8. The van der Waals surface area contributed by atoms with Crippen LogP contribution in [0, 0.1) is 0 Å². The zero-order valence-electron chi connectivity index (χ0n) is 19.2. The van der Waals surface area contributed by atoms with Crippen molar-refractivity contribution in [3.8, 4) is 0 Å². The maximum atomic E-state index is 11.7. The summed E-state index contributed by atoms with van der Waals surface area (Å²) in [7, 11) is -4.41. The molecule has 0 bridgehead atoms. The van der Waals surface area contributed by atoms with Gasteiger partial charge in [-0.15, -0.1) is 0 Å². The van der Waals surface area contributed by atoms with Crippen LogP contribution in [-0.4, -0.2) is 13.0 Å². The van der Waals surface area contributed by atoms with Crippen LogP contribution in [0.4, 0.5) is 0 Å². The molecule has 0 unspecified atom stereocenters. The number of hydrogen-bond acceptors (Lipinski definition) is 3. The molecule has 0 aliphatic rings. The van der Waals surface area contributed by atoms with Crippen LogP contribution in [-0.2, 0) is 23.0 Å². The van der Waals surface area contributed by atoms with Gasteiger partial charge in [-0.05, 0) is 42.9 Å². The fourth-order valence-electron chi connectivity index (χ4n) is 3.89. The van der Waals surface area contributed by atoms with E-state index in [9.17, 15) is 13.0 Å². The third-order valence-electron chi connectivity index (χ3n) is 5.58. The standard InChI is InChI=1S/C24H42O3S.K/c1-3-5-7-9-11-12-14-16-20-23-22(18-15-13-10-8-6-4-2)19-17-21-24(23)28(25,26)27;/h17,19,21H,3-16,18,20H2,1-2H3,(H,25,26,27);/q;+1/p-1. The number of rotatable bonds is 17. The fraction of sp³-hybridized carbons (Fsp3) is 0.750. The summed E-state index contributed by atoms with van der Waals surface area (Å²) in [4.78, 5) is 0.0129. The van der Waals surface area contributed by atoms with Gasteiger partial charge in [0, 0.05) is 0 Å². The number of benzene rings is 1. The van der Waals surface area contributed by atoms with Gasteiger partial charge in [0.15, 0.2) is 0 Å². The van der Waals surface area contributed by atoms with E-state index in [1.165, 1.54) is 76.7 Å². The maximum absolute atomic E-state index is 11.7. The molecule has 0 fully saturated rings. The Balaban J connectivity index is 0.00000784. The molecular formula is C24H41KO3S. The summed E-state index contributed by atoms with van der Waals surface area (Å²) in [5.41, 5.74) is 1.85. The molecule has 0 aliphatic carbocycles. The van der Waals surface area contributed by atoms with Gasteiger partial charge in [0.05, 0.1) is 4.90 Å². The van der Waals surface area contributed by atoms with E-state index < -0.39 is 10.1 Å². The Morgan fingerprint density at radius 3 is 1.62 bits per heavy atom. The van der Waals surface area contributed by atoms with E-state index in [4.69, 9.17) is 0 Å². The van der Waals surface area contributed by atoms with Crippen molar-refractivity contribution in [3.63, 3.8) is 0 Å². The van der Waals surface area contributed by atoms with E-state index in [1.54, 1.807) is 6.07 Å². The van der Waals surface area contributed by atoms with Gasteiger partial charge in [-0.25, -0.2) is 8.42 Å². The third-order valence-corrected chi connectivity index (χ3v) is 6.50. The molecule has 0 amide bonds. The van der Waals surface area contributed by atoms with Crippen molar-refractivity contribution < 1.29 is 64.4 Å². The minimum Gasteiger partial charge on any atom is -0.744 e. The van der Waals surface area contributed by atoms with Gasteiger partial charge in [-0.1, -0.05) is 103 Å². The van der Waals surface area contributed by atoms with Crippen molar-refractivity contribution in [1.29, 1.82) is 0 Å². The zero-order chi connectivity index (χ0) is 20.7. The molecule has 0 aliphatic heterocycles. The molecule has 1 aromatic carbocycles. The predicted octanol–water partition coefficient (Wildman–Crippen LogP) is 4.18. The Labute approximate surface area is 223 Å². The maximum Gasteiger partial charge on any atom is 1.00 e. The Morgan fingerprint density at radius 1 is 0.690 bits per heavy atom. The molecule has 5 heteroatoms. The molecule has 29 heavy (non-hydrogen) atoms. The monoisotopic (exact) mass is 448 g/mol. The smallest absolute Gasteiger partial charge is 0.744 e. The van der Waals surface area contributed by atoms with Crippen LogP contribution < -0.4 is 51.4 Å². The van der Waals surface area contributed by atoms with Crippen molar-refractivity contribution in [2.75, 3.05) is 0 Å². The molecule has 3 nitrogen and oxygen atoms in total. The van der Waals surface area contributed by atoms with Crippen LogP contribution in [0.25, 0.3) is 0 Å². The van der Waals surface area contributed by atoms with Gasteiger partial charge in [0.1, 0.15) is 10.1 Å². The Bertz CT molecular complexity index is 629. The summed E-state index contributed by atoms with van der Waals surface area (Å²) in [6.45, 7) is 4.44. The molecule has 0 radical (unpaired) electrons. The normalized spacial score (nSPS) is 11.4. The van der Waals surface area contributed by atoms with Crippen LogP contribution in [0.5, 0.6) is 0 Å². The van der Waals surface area contributed by atoms with Gasteiger partial charge < -0.3 is 4.55 Å². The second kappa shape index (κ2) is 18.3. The summed E-state index contributed by atoms with van der Waals surface area (Å²) >= 11 is 0. The van der Waals surface area contributed by atoms with E-state index in [-0.39, 0.29) is 56.3 Å². The molecule has 0 aromatic heterocycles. The predicted molar refractivity (Wildman–Crippen MR) is 118 cm³/mol. The molecule has 0 atom stereocenters. The van der Waals surface area contributed by atoms with Crippen LogP contribution in [0.1, 0.15) is 115 Å². The Kier molecular flexibility index (Phi) is 18.8. The molecule has 1 aromatic rings. The van der Waals surface area contributed by atoms with E-state index in [0.29, 0.717) is 6.42 Å². The Morgan fingerprint density at radius 2 is 1.14 bits per heavy atom. The molecule has 0 heterocycles. The first-order valence-corrected chi connectivity index (χ1v) is 13.0. The van der Waals surface area contributed by atoms with Gasteiger partial charge in [-0.2, -0.15) is 0 Å². The van der Waals surface area contributed by atoms with Gasteiger partial charge in [0.25, 0.3) is 0 Å².